The zero-order chi connectivity index (χ0) is 12.4. The third-order valence-electron chi connectivity index (χ3n) is 2.13. The van der Waals surface area contributed by atoms with Crippen LogP contribution in [0.4, 0.5) is 0 Å². The topological polar surface area (TPSA) is 38.3 Å². The Balaban J connectivity index is 3.78. The highest BCUT2D eigenvalue weighted by molar-refractivity contribution is 7.99. The van der Waals surface area contributed by atoms with Gasteiger partial charge in [-0.3, -0.25) is 4.79 Å². The molecule has 0 saturated carbocycles. The minimum Gasteiger partial charge on any atom is -0.468 e. The summed E-state index contributed by atoms with van der Waals surface area (Å²) in [5.74, 6) is 2.74. The molecular formula is C12H25NO2S. The lowest BCUT2D eigenvalue weighted by atomic mass is 10.2. The Morgan fingerprint density at radius 3 is 2.62 bits per heavy atom. The predicted octanol–water partition coefficient (Wildman–Crippen LogP) is 2.31. The van der Waals surface area contributed by atoms with Gasteiger partial charge >= 0.3 is 5.97 Å². The highest BCUT2D eigenvalue weighted by Gasteiger charge is 2.17. The molecule has 1 unspecified atom stereocenters. The molecule has 0 spiro atoms. The van der Waals surface area contributed by atoms with Crippen molar-refractivity contribution in [3.8, 4) is 0 Å². The maximum atomic E-state index is 11.5. The Bertz CT molecular complexity index is 186. The molecule has 0 heterocycles. The zero-order valence-electron chi connectivity index (χ0n) is 10.9. The Hall–Kier alpha value is -0.220. The van der Waals surface area contributed by atoms with Crippen LogP contribution in [0.5, 0.6) is 0 Å². The fourth-order valence-electron chi connectivity index (χ4n) is 1.28. The normalized spacial score (nSPS) is 12.8. The first-order valence-electron chi connectivity index (χ1n) is 6.00. The van der Waals surface area contributed by atoms with Crippen molar-refractivity contribution in [2.45, 2.75) is 39.7 Å². The second-order valence-electron chi connectivity index (χ2n) is 4.29. The molecular weight excluding hydrogens is 222 g/mol. The second kappa shape index (κ2) is 9.97. The van der Waals surface area contributed by atoms with E-state index in [1.807, 2.05) is 11.8 Å². The molecule has 0 aromatic rings. The molecule has 0 aliphatic rings. The Morgan fingerprint density at radius 2 is 2.12 bits per heavy atom. The first-order chi connectivity index (χ1) is 7.61. The van der Waals surface area contributed by atoms with E-state index in [4.69, 9.17) is 4.74 Å². The monoisotopic (exact) mass is 247 g/mol. The summed E-state index contributed by atoms with van der Waals surface area (Å²) in [5.41, 5.74) is 0. The maximum absolute atomic E-state index is 11.5. The van der Waals surface area contributed by atoms with Crippen molar-refractivity contribution in [2.75, 3.05) is 25.2 Å². The van der Waals surface area contributed by atoms with E-state index in [1.54, 1.807) is 0 Å². The van der Waals surface area contributed by atoms with Gasteiger partial charge in [-0.1, -0.05) is 20.8 Å². The molecule has 0 aromatic heterocycles. The molecule has 0 aromatic carbocycles. The Labute approximate surface area is 104 Å². The lowest BCUT2D eigenvalue weighted by molar-refractivity contribution is -0.143. The van der Waals surface area contributed by atoms with E-state index >= 15 is 0 Å². The van der Waals surface area contributed by atoms with E-state index in [0.717, 1.165) is 30.9 Å². The lowest BCUT2D eigenvalue weighted by Gasteiger charge is -2.15. The number of esters is 1. The van der Waals surface area contributed by atoms with E-state index in [0.29, 0.717) is 5.92 Å². The van der Waals surface area contributed by atoms with Gasteiger partial charge in [0.25, 0.3) is 0 Å². The molecule has 0 bridgehead atoms. The summed E-state index contributed by atoms with van der Waals surface area (Å²) in [6.07, 6.45) is 1.89. The minimum absolute atomic E-state index is 0.135. The van der Waals surface area contributed by atoms with Crippen LogP contribution in [0.3, 0.4) is 0 Å². The molecule has 4 heteroatoms. The summed E-state index contributed by atoms with van der Waals surface area (Å²) in [6.45, 7) is 7.38. The van der Waals surface area contributed by atoms with E-state index in [-0.39, 0.29) is 12.0 Å². The highest BCUT2D eigenvalue weighted by Crippen LogP contribution is 2.10. The molecule has 0 aliphatic carbocycles. The maximum Gasteiger partial charge on any atom is 0.322 e. The van der Waals surface area contributed by atoms with Gasteiger partial charge in [-0.15, -0.1) is 0 Å². The molecule has 96 valence electrons. The largest absolute Gasteiger partial charge is 0.468 e. The molecule has 3 nitrogen and oxygen atoms in total. The summed E-state index contributed by atoms with van der Waals surface area (Å²) < 4.78 is 4.78. The van der Waals surface area contributed by atoms with Gasteiger partial charge in [0.1, 0.15) is 6.04 Å². The van der Waals surface area contributed by atoms with Gasteiger partial charge in [0.05, 0.1) is 7.11 Å². The van der Waals surface area contributed by atoms with Crippen LogP contribution in [-0.4, -0.2) is 37.2 Å². The Kier molecular flexibility index (Phi) is 9.83. The molecule has 1 N–H and O–H groups in total. The zero-order valence-corrected chi connectivity index (χ0v) is 11.7. The summed E-state index contributed by atoms with van der Waals surface area (Å²) in [4.78, 5) is 11.5. The van der Waals surface area contributed by atoms with Gasteiger partial charge in [-0.25, -0.2) is 0 Å². The van der Waals surface area contributed by atoms with Gasteiger partial charge in [-0.05, 0) is 36.8 Å². The van der Waals surface area contributed by atoms with Gasteiger partial charge in [0.15, 0.2) is 0 Å². The molecule has 0 aliphatic heterocycles. The van der Waals surface area contributed by atoms with E-state index < -0.39 is 0 Å². The fraction of sp³-hybridized carbons (Fsp3) is 0.917. The van der Waals surface area contributed by atoms with Crippen LogP contribution >= 0.6 is 11.8 Å². The van der Waals surface area contributed by atoms with Crippen LogP contribution in [-0.2, 0) is 9.53 Å². The minimum atomic E-state index is -0.140. The van der Waals surface area contributed by atoms with Crippen molar-refractivity contribution >= 4 is 17.7 Å². The number of methoxy groups -OCH3 is 1. The van der Waals surface area contributed by atoms with Crippen molar-refractivity contribution in [3.05, 3.63) is 0 Å². The summed E-state index contributed by atoms with van der Waals surface area (Å²) in [5, 5.41) is 3.22. The number of hydrogen-bond donors (Lipinski definition) is 1. The predicted molar refractivity (Wildman–Crippen MR) is 70.9 cm³/mol. The highest BCUT2D eigenvalue weighted by atomic mass is 32.2. The van der Waals surface area contributed by atoms with Crippen LogP contribution in [0, 0.1) is 5.92 Å². The van der Waals surface area contributed by atoms with E-state index in [9.17, 15) is 4.79 Å². The van der Waals surface area contributed by atoms with Crippen molar-refractivity contribution in [3.63, 3.8) is 0 Å². The average molecular weight is 247 g/mol. The number of carbonyl (C=O) groups excluding carboxylic acids is 1. The summed E-state index contributed by atoms with van der Waals surface area (Å²) in [7, 11) is 1.45. The first-order valence-corrected chi connectivity index (χ1v) is 7.16. The van der Waals surface area contributed by atoms with Crippen LogP contribution in [0.2, 0.25) is 0 Å². The number of hydrogen-bond acceptors (Lipinski definition) is 4. The van der Waals surface area contributed by atoms with Crippen LogP contribution < -0.4 is 5.32 Å². The van der Waals surface area contributed by atoms with Crippen molar-refractivity contribution < 1.29 is 9.53 Å². The first kappa shape index (κ1) is 15.8. The standard InChI is InChI=1S/C12H25NO2S/c1-5-7-13-11(12(14)15-4)6-8-16-9-10(2)3/h10-11,13H,5-9H2,1-4H3. The number of thioether (sulfide) groups is 1. The third-order valence-corrected chi connectivity index (χ3v) is 3.56. The molecule has 0 amide bonds. The van der Waals surface area contributed by atoms with Gasteiger partial charge in [0, 0.05) is 0 Å². The molecule has 1 atom stereocenters. The second-order valence-corrected chi connectivity index (χ2v) is 5.44. The number of carbonyl (C=O) groups is 1. The lowest BCUT2D eigenvalue weighted by Crippen LogP contribution is -2.38. The van der Waals surface area contributed by atoms with Gasteiger partial charge in [0.2, 0.25) is 0 Å². The average Bonchev–Trinajstić information content (AvgIpc) is 2.26. The smallest absolute Gasteiger partial charge is 0.322 e. The van der Waals surface area contributed by atoms with Crippen molar-refractivity contribution in [2.24, 2.45) is 5.92 Å². The molecule has 0 rings (SSSR count). The molecule has 0 fully saturated rings. The van der Waals surface area contributed by atoms with Crippen LogP contribution in [0.15, 0.2) is 0 Å². The van der Waals surface area contributed by atoms with Gasteiger partial charge in [-0.2, -0.15) is 11.8 Å². The number of ether oxygens (including phenoxy) is 1. The number of rotatable bonds is 9. The van der Waals surface area contributed by atoms with Crippen LogP contribution in [0.25, 0.3) is 0 Å². The molecule has 0 saturated heterocycles. The molecule has 0 radical (unpaired) electrons. The van der Waals surface area contributed by atoms with Crippen LogP contribution in [0.1, 0.15) is 33.6 Å². The summed E-state index contributed by atoms with van der Waals surface area (Å²) >= 11 is 1.90. The van der Waals surface area contributed by atoms with Gasteiger partial charge < -0.3 is 10.1 Å². The van der Waals surface area contributed by atoms with E-state index in [1.165, 1.54) is 7.11 Å². The third kappa shape index (κ3) is 7.99. The SMILES string of the molecule is CCCNC(CCSCC(C)C)C(=O)OC. The van der Waals surface area contributed by atoms with Crippen molar-refractivity contribution in [1.29, 1.82) is 0 Å². The van der Waals surface area contributed by atoms with E-state index in [2.05, 4.69) is 26.1 Å². The summed E-state index contributed by atoms with van der Waals surface area (Å²) in [6, 6.07) is -0.135. The quantitative estimate of drug-likeness (QED) is 0.501. The van der Waals surface area contributed by atoms with Crippen molar-refractivity contribution in [1.82, 2.24) is 5.32 Å². The number of nitrogens with one attached hydrogen (secondary N) is 1. The Morgan fingerprint density at radius 1 is 1.44 bits per heavy atom. The fourth-order valence-corrected chi connectivity index (χ4v) is 2.32. The molecule has 16 heavy (non-hydrogen) atoms.